The minimum atomic E-state index is -2.10. The molecule has 0 aliphatic rings. The van der Waals surface area contributed by atoms with Gasteiger partial charge in [0.05, 0.1) is 0 Å². The summed E-state index contributed by atoms with van der Waals surface area (Å²) in [6.45, 7) is 0. The van der Waals surface area contributed by atoms with Crippen molar-refractivity contribution < 1.29 is 15.0 Å². The first-order chi connectivity index (χ1) is 12.1. The first-order valence-corrected chi connectivity index (χ1v) is 8.03. The fraction of sp³-hybridized carbons (Fsp3) is 0.0455. The lowest BCUT2D eigenvalue weighted by Crippen LogP contribution is -2.36. The fourth-order valence-corrected chi connectivity index (χ4v) is 3.24. The molecule has 2 N–H and O–H groups in total. The maximum Gasteiger partial charge on any atom is 0.345 e. The van der Waals surface area contributed by atoms with E-state index in [9.17, 15) is 15.0 Å². The molecule has 0 unspecified atom stereocenters. The van der Waals surface area contributed by atoms with Crippen molar-refractivity contribution in [2.24, 2.45) is 0 Å². The van der Waals surface area contributed by atoms with Gasteiger partial charge in [-0.1, -0.05) is 72.8 Å². The lowest BCUT2D eigenvalue weighted by atomic mass is 9.84. The normalized spacial score (nSPS) is 11.3. The van der Waals surface area contributed by atoms with Gasteiger partial charge in [0.15, 0.2) is 0 Å². The van der Waals surface area contributed by atoms with Gasteiger partial charge in [-0.2, -0.15) is 0 Å². The predicted octanol–water partition coefficient (Wildman–Crippen LogP) is 4.74. The Morgan fingerprint density at radius 1 is 0.654 bits per heavy atom. The van der Waals surface area contributed by atoms with Crippen LogP contribution in [0.25, 0.3) is 21.5 Å². The molecule has 0 bridgehead atoms. The zero-order chi connectivity index (χ0) is 17.4. The summed E-state index contributed by atoms with van der Waals surface area (Å²) >= 11 is 0. The minimum absolute atomic E-state index is 0. The summed E-state index contributed by atoms with van der Waals surface area (Å²) < 4.78 is 0. The number of benzene rings is 4. The van der Waals surface area contributed by atoms with Crippen molar-refractivity contribution in [1.82, 2.24) is 0 Å². The predicted molar refractivity (Wildman–Crippen MR) is 106 cm³/mol. The van der Waals surface area contributed by atoms with Gasteiger partial charge < -0.3 is 10.2 Å². The van der Waals surface area contributed by atoms with Gasteiger partial charge in [-0.05, 0) is 33.7 Å². The molecule has 0 saturated heterocycles. The molecule has 4 heteroatoms. The summed E-state index contributed by atoms with van der Waals surface area (Å²) in [6, 6.07) is 25.8. The van der Waals surface area contributed by atoms with E-state index in [0.717, 1.165) is 21.5 Å². The molecule has 0 atom stereocenters. The maximum atomic E-state index is 12.0. The largest absolute Gasteiger partial charge is 0.479 e. The topological polar surface area (TPSA) is 57.5 Å². The number of aliphatic hydroxyl groups is 1. The maximum absolute atomic E-state index is 12.0. The van der Waals surface area contributed by atoms with Crippen molar-refractivity contribution in [3.63, 3.8) is 0 Å². The van der Waals surface area contributed by atoms with E-state index in [4.69, 9.17) is 0 Å². The van der Waals surface area contributed by atoms with Crippen molar-refractivity contribution in [3.05, 3.63) is 96.1 Å². The van der Waals surface area contributed by atoms with Crippen LogP contribution in [0.15, 0.2) is 84.9 Å². The van der Waals surface area contributed by atoms with Crippen LogP contribution in [0.2, 0.25) is 0 Å². The molecule has 0 fully saturated rings. The van der Waals surface area contributed by atoms with E-state index in [1.54, 1.807) is 24.3 Å². The number of carboxylic acid groups (broad SMARTS) is 1. The highest BCUT2D eigenvalue weighted by Crippen LogP contribution is 2.33. The van der Waals surface area contributed by atoms with Crippen LogP contribution >= 0.6 is 12.4 Å². The monoisotopic (exact) mass is 364 g/mol. The third-order valence-electron chi connectivity index (χ3n) is 4.64. The van der Waals surface area contributed by atoms with E-state index < -0.39 is 11.6 Å². The summed E-state index contributed by atoms with van der Waals surface area (Å²) in [5, 5.41) is 24.8. The third-order valence-corrected chi connectivity index (χ3v) is 4.64. The zero-order valence-corrected chi connectivity index (χ0v) is 14.6. The van der Waals surface area contributed by atoms with Crippen molar-refractivity contribution in [3.8, 4) is 0 Å². The van der Waals surface area contributed by atoms with E-state index >= 15 is 0 Å². The first-order valence-electron chi connectivity index (χ1n) is 8.03. The Kier molecular flexibility index (Phi) is 4.68. The standard InChI is InChI=1S/C22H16O3.ClH/c23-21(24)22(25,19-11-9-15-5-1-3-7-17(15)13-19)20-12-10-16-6-2-4-8-18(16)14-20;/h1-14,25H,(H,23,24);1H. The quantitative estimate of drug-likeness (QED) is 0.552. The second-order valence-electron chi connectivity index (χ2n) is 6.14. The summed E-state index contributed by atoms with van der Waals surface area (Å²) in [5.74, 6) is -1.29. The molecule has 0 aromatic heterocycles. The summed E-state index contributed by atoms with van der Waals surface area (Å²) in [5.41, 5.74) is -1.42. The highest BCUT2D eigenvalue weighted by Gasteiger charge is 2.40. The van der Waals surface area contributed by atoms with Crippen molar-refractivity contribution in [2.45, 2.75) is 5.60 Å². The molecule has 4 aromatic rings. The Balaban J connectivity index is 0.00000196. The van der Waals surface area contributed by atoms with Gasteiger partial charge in [-0.3, -0.25) is 0 Å². The Hall–Kier alpha value is -2.88. The summed E-state index contributed by atoms with van der Waals surface area (Å²) in [6.07, 6.45) is 0. The van der Waals surface area contributed by atoms with Gasteiger partial charge in [-0.15, -0.1) is 12.4 Å². The van der Waals surface area contributed by atoms with Gasteiger partial charge in [0.2, 0.25) is 5.60 Å². The van der Waals surface area contributed by atoms with Gasteiger partial charge >= 0.3 is 5.97 Å². The van der Waals surface area contributed by atoms with Crippen molar-refractivity contribution in [2.75, 3.05) is 0 Å². The molecule has 0 amide bonds. The third kappa shape index (κ3) is 2.81. The highest BCUT2D eigenvalue weighted by molar-refractivity contribution is 5.91. The average molecular weight is 365 g/mol. The first kappa shape index (κ1) is 17.9. The average Bonchev–Trinajstić information content (AvgIpc) is 2.66. The molecule has 0 saturated carbocycles. The molecule has 26 heavy (non-hydrogen) atoms. The van der Waals surface area contributed by atoms with E-state index in [1.165, 1.54) is 0 Å². The van der Waals surface area contributed by atoms with E-state index in [0.29, 0.717) is 11.1 Å². The number of carboxylic acids is 1. The molecular formula is C22H17ClO3. The van der Waals surface area contributed by atoms with Gasteiger partial charge in [0, 0.05) is 11.1 Å². The van der Waals surface area contributed by atoms with Crippen LogP contribution in [-0.2, 0) is 10.4 Å². The van der Waals surface area contributed by atoms with Crippen LogP contribution in [0.4, 0.5) is 0 Å². The van der Waals surface area contributed by atoms with Crippen LogP contribution in [0, 0.1) is 0 Å². The molecular weight excluding hydrogens is 348 g/mol. The van der Waals surface area contributed by atoms with Crippen LogP contribution in [-0.4, -0.2) is 16.2 Å². The molecule has 0 radical (unpaired) electrons. The summed E-state index contributed by atoms with van der Waals surface area (Å²) in [7, 11) is 0. The van der Waals surface area contributed by atoms with Crippen LogP contribution in [0.3, 0.4) is 0 Å². The second-order valence-corrected chi connectivity index (χ2v) is 6.14. The second kappa shape index (κ2) is 6.79. The zero-order valence-electron chi connectivity index (χ0n) is 13.8. The smallest absolute Gasteiger partial charge is 0.345 e. The number of hydrogen-bond acceptors (Lipinski definition) is 2. The highest BCUT2D eigenvalue weighted by atomic mass is 35.5. The fourth-order valence-electron chi connectivity index (χ4n) is 3.24. The number of halogens is 1. The van der Waals surface area contributed by atoms with E-state index in [2.05, 4.69) is 0 Å². The van der Waals surface area contributed by atoms with Crippen LogP contribution in [0.5, 0.6) is 0 Å². The lowest BCUT2D eigenvalue weighted by Gasteiger charge is -2.25. The SMILES string of the molecule is Cl.O=C(O)C(O)(c1ccc2ccccc2c1)c1ccc2ccccc2c1. The Morgan fingerprint density at radius 2 is 1.04 bits per heavy atom. The molecule has 3 nitrogen and oxygen atoms in total. The Morgan fingerprint density at radius 3 is 1.42 bits per heavy atom. The van der Waals surface area contributed by atoms with Crippen molar-refractivity contribution >= 4 is 39.9 Å². The number of aliphatic carboxylic acids is 1. The van der Waals surface area contributed by atoms with Crippen LogP contribution < -0.4 is 0 Å². The Labute approximate surface area is 156 Å². The number of carbonyl (C=O) groups is 1. The number of fused-ring (bicyclic) bond motifs is 2. The van der Waals surface area contributed by atoms with E-state index in [-0.39, 0.29) is 12.4 Å². The summed E-state index contributed by atoms with van der Waals surface area (Å²) in [4.78, 5) is 12.0. The molecule has 0 aliphatic heterocycles. The minimum Gasteiger partial charge on any atom is -0.479 e. The number of rotatable bonds is 3. The number of hydrogen-bond donors (Lipinski definition) is 2. The molecule has 0 spiro atoms. The van der Waals surface area contributed by atoms with Gasteiger partial charge in [0.1, 0.15) is 0 Å². The van der Waals surface area contributed by atoms with Crippen molar-refractivity contribution in [1.29, 1.82) is 0 Å². The molecule has 0 heterocycles. The Bertz CT molecular complexity index is 1030. The molecule has 0 aliphatic carbocycles. The molecule has 130 valence electrons. The van der Waals surface area contributed by atoms with Gasteiger partial charge in [0.25, 0.3) is 0 Å². The van der Waals surface area contributed by atoms with Crippen LogP contribution in [0.1, 0.15) is 11.1 Å². The molecule has 4 rings (SSSR count). The van der Waals surface area contributed by atoms with Gasteiger partial charge in [-0.25, -0.2) is 4.79 Å². The molecule has 4 aromatic carbocycles. The lowest BCUT2D eigenvalue weighted by molar-refractivity contribution is -0.155. The van der Waals surface area contributed by atoms with E-state index in [1.807, 2.05) is 60.7 Å².